The number of hydrogen-bond acceptors (Lipinski definition) is 4. The molecule has 0 spiro atoms. The second-order valence-corrected chi connectivity index (χ2v) is 7.23. The number of benzene rings is 1. The quantitative estimate of drug-likeness (QED) is 0.377. The minimum absolute atomic E-state index is 0.264. The third-order valence-electron chi connectivity index (χ3n) is 4.72. The fourth-order valence-corrected chi connectivity index (χ4v) is 2.96. The number of carbonyl (C=O) groups excluding carboxylic acids is 2. The van der Waals surface area contributed by atoms with Crippen LogP contribution in [-0.4, -0.2) is 34.8 Å². The molecule has 0 saturated heterocycles. The molecule has 0 bridgehead atoms. The minimum Gasteiger partial charge on any atom is -0.452 e. The molecule has 0 radical (unpaired) electrons. The number of aromatic nitrogens is 2. The molecule has 0 fully saturated rings. The number of amides is 1. The van der Waals surface area contributed by atoms with Gasteiger partial charge in [0.15, 0.2) is 6.61 Å². The second-order valence-electron chi connectivity index (χ2n) is 7.23. The summed E-state index contributed by atoms with van der Waals surface area (Å²) in [5, 5.41) is 7.32. The molecule has 29 heavy (non-hydrogen) atoms. The van der Waals surface area contributed by atoms with Crippen LogP contribution in [0.15, 0.2) is 30.3 Å². The Morgan fingerprint density at radius 3 is 2.55 bits per heavy atom. The van der Waals surface area contributed by atoms with Gasteiger partial charge >= 0.3 is 5.97 Å². The molecule has 0 unspecified atom stereocenters. The fraction of sp³-hybridized carbons (Fsp3) is 0.435. The minimum atomic E-state index is -0.543. The van der Waals surface area contributed by atoms with Gasteiger partial charge in [0.1, 0.15) is 0 Å². The van der Waals surface area contributed by atoms with Gasteiger partial charge in [0.2, 0.25) is 0 Å². The summed E-state index contributed by atoms with van der Waals surface area (Å²) in [6.45, 7) is 9.06. The molecule has 0 atom stereocenters. The monoisotopic (exact) mass is 397 g/mol. The van der Waals surface area contributed by atoms with Crippen molar-refractivity contribution in [3.63, 3.8) is 0 Å². The van der Waals surface area contributed by atoms with Crippen molar-refractivity contribution in [2.75, 3.05) is 13.2 Å². The Kier molecular flexibility index (Phi) is 8.65. The SMILES string of the molecule is CCCCCNC(=O)COC(=O)/C=C/c1c(C)nn(Cc2ccc(C)cc2)c1C. The van der Waals surface area contributed by atoms with E-state index in [4.69, 9.17) is 4.74 Å². The molecule has 0 aliphatic carbocycles. The molecular weight excluding hydrogens is 366 g/mol. The summed E-state index contributed by atoms with van der Waals surface area (Å²) in [6.07, 6.45) is 6.14. The Morgan fingerprint density at radius 2 is 1.86 bits per heavy atom. The van der Waals surface area contributed by atoms with E-state index in [0.717, 1.165) is 36.2 Å². The summed E-state index contributed by atoms with van der Waals surface area (Å²) >= 11 is 0. The third-order valence-corrected chi connectivity index (χ3v) is 4.72. The van der Waals surface area contributed by atoms with E-state index in [1.54, 1.807) is 6.08 Å². The van der Waals surface area contributed by atoms with E-state index in [1.165, 1.54) is 17.2 Å². The van der Waals surface area contributed by atoms with Gasteiger partial charge in [-0.1, -0.05) is 49.6 Å². The Balaban J connectivity index is 1.89. The zero-order valence-electron chi connectivity index (χ0n) is 17.8. The summed E-state index contributed by atoms with van der Waals surface area (Å²) in [7, 11) is 0. The van der Waals surface area contributed by atoms with Gasteiger partial charge in [0, 0.05) is 23.9 Å². The van der Waals surface area contributed by atoms with Crippen LogP contribution in [0.2, 0.25) is 0 Å². The van der Waals surface area contributed by atoms with Crippen LogP contribution in [0.4, 0.5) is 0 Å². The number of hydrogen-bond donors (Lipinski definition) is 1. The lowest BCUT2D eigenvalue weighted by molar-refractivity contribution is -0.143. The first-order chi connectivity index (χ1) is 13.9. The van der Waals surface area contributed by atoms with Gasteiger partial charge in [-0.25, -0.2) is 4.79 Å². The number of ether oxygens (including phenoxy) is 1. The van der Waals surface area contributed by atoms with Gasteiger partial charge in [-0.2, -0.15) is 5.10 Å². The molecule has 1 N–H and O–H groups in total. The van der Waals surface area contributed by atoms with Crippen molar-refractivity contribution in [1.29, 1.82) is 0 Å². The number of carbonyl (C=O) groups is 2. The van der Waals surface area contributed by atoms with E-state index in [0.29, 0.717) is 13.1 Å². The predicted molar refractivity (Wildman–Crippen MR) is 115 cm³/mol. The first-order valence-corrected chi connectivity index (χ1v) is 10.1. The maximum Gasteiger partial charge on any atom is 0.331 e. The average Bonchev–Trinajstić information content (AvgIpc) is 2.96. The lowest BCUT2D eigenvalue weighted by Gasteiger charge is -2.05. The molecular formula is C23H31N3O3. The Labute approximate surface area is 173 Å². The van der Waals surface area contributed by atoms with Crippen LogP contribution in [0.3, 0.4) is 0 Å². The van der Waals surface area contributed by atoms with Gasteiger partial charge in [-0.3, -0.25) is 9.48 Å². The van der Waals surface area contributed by atoms with Crippen molar-refractivity contribution in [3.05, 3.63) is 58.4 Å². The van der Waals surface area contributed by atoms with Crippen LogP contribution in [0.1, 0.15) is 54.3 Å². The summed E-state index contributed by atoms with van der Waals surface area (Å²) in [6, 6.07) is 8.34. The highest BCUT2D eigenvalue weighted by Crippen LogP contribution is 2.17. The lowest BCUT2D eigenvalue weighted by atomic mass is 10.1. The van der Waals surface area contributed by atoms with Crippen molar-refractivity contribution in [3.8, 4) is 0 Å². The van der Waals surface area contributed by atoms with Gasteiger partial charge in [-0.05, 0) is 38.8 Å². The maximum absolute atomic E-state index is 11.9. The summed E-state index contributed by atoms with van der Waals surface area (Å²) in [4.78, 5) is 23.6. The van der Waals surface area contributed by atoms with E-state index >= 15 is 0 Å². The van der Waals surface area contributed by atoms with E-state index in [1.807, 2.05) is 18.5 Å². The Bertz CT molecular complexity index is 851. The van der Waals surface area contributed by atoms with E-state index < -0.39 is 5.97 Å². The molecule has 2 aromatic rings. The van der Waals surface area contributed by atoms with Gasteiger partial charge in [-0.15, -0.1) is 0 Å². The van der Waals surface area contributed by atoms with Gasteiger partial charge in [0.05, 0.1) is 12.2 Å². The molecule has 1 aromatic carbocycles. The van der Waals surface area contributed by atoms with Crippen molar-refractivity contribution in [2.45, 2.75) is 53.5 Å². The normalized spacial score (nSPS) is 11.0. The van der Waals surface area contributed by atoms with Crippen molar-refractivity contribution in [1.82, 2.24) is 15.1 Å². The van der Waals surface area contributed by atoms with E-state index in [-0.39, 0.29) is 12.5 Å². The van der Waals surface area contributed by atoms with Crippen LogP contribution < -0.4 is 5.32 Å². The average molecular weight is 398 g/mol. The molecule has 1 aromatic heterocycles. The van der Waals surface area contributed by atoms with Gasteiger partial charge in [0.25, 0.3) is 5.91 Å². The molecule has 156 valence electrons. The first-order valence-electron chi connectivity index (χ1n) is 10.1. The number of nitrogens with zero attached hydrogens (tertiary/aromatic N) is 2. The Hall–Kier alpha value is -2.89. The van der Waals surface area contributed by atoms with Crippen LogP contribution in [0.25, 0.3) is 6.08 Å². The van der Waals surface area contributed by atoms with Crippen molar-refractivity contribution >= 4 is 18.0 Å². The number of rotatable bonds is 10. The molecule has 0 saturated carbocycles. The number of unbranched alkanes of at least 4 members (excludes halogenated alkanes) is 2. The summed E-state index contributed by atoms with van der Waals surface area (Å²) < 4.78 is 6.94. The van der Waals surface area contributed by atoms with E-state index in [2.05, 4.69) is 48.5 Å². The standard InChI is InChI=1S/C23H31N3O3/c1-5-6-7-14-24-22(27)16-29-23(28)13-12-21-18(3)25-26(19(21)4)15-20-10-8-17(2)9-11-20/h8-13H,5-7,14-16H2,1-4H3,(H,24,27)/b13-12+. The molecule has 1 heterocycles. The highest BCUT2D eigenvalue weighted by molar-refractivity contribution is 5.89. The number of nitrogens with one attached hydrogen (secondary N) is 1. The molecule has 1 amide bonds. The number of aryl methyl sites for hydroxylation is 2. The first kappa shape index (κ1) is 22.4. The Morgan fingerprint density at radius 1 is 1.14 bits per heavy atom. The molecule has 0 aliphatic rings. The lowest BCUT2D eigenvalue weighted by Crippen LogP contribution is -2.29. The van der Waals surface area contributed by atoms with Crippen molar-refractivity contribution in [2.24, 2.45) is 0 Å². The number of esters is 1. The summed E-state index contributed by atoms with van der Waals surface area (Å²) in [5.74, 6) is -0.820. The highest BCUT2D eigenvalue weighted by atomic mass is 16.5. The van der Waals surface area contributed by atoms with Gasteiger partial charge < -0.3 is 10.1 Å². The van der Waals surface area contributed by atoms with E-state index in [9.17, 15) is 9.59 Å². The molecule has 6 heteroatoms. The summed E-state index contributed by atoms with van der Waals surface area (Å²) in [5.41, 5.74) is 5.09. The molecule has 0 aliphatic heterocycles. The fourth-order valence-electron chi connectivity index (χ4n) is 2.96. The van der Waals surface area contributed by atoms with Crippen molar-refractivity contribution < 1.29 is 14.3 Å². The largest absolute Gasteiger partial charge is 0.452 e. The third kappa shape index (κ3) is 7.22. The highest BCUT2D eigenvalue weighted by Gasteiger charge is 2.11. The maximum atomic E-state index is 11.9. The van der Waals surface area contributed by atoms with Crippen LogP contribution in [0, 0.1) is 20.8 Å². The zero-order chi connectivity index (χ0) is 21.2. The molecule has 6 nitrogen and oxygen atoms in total. The topological polar surface area (TPSA) is 73.2 Å². The van der Waals surface area contributed by atoms with Crippen LogP contribution in [-0.2, 0) is 20.9 Å². The zero-order valence-corrected chi connectivity index (χ0v) is 17.8. The smallest absolute Gasteiger partial charge is 0.331 e. The molecule has 2 rings (SSSR count). The van der Waals surface area contributed by atoms with Crippen LogP contribution >= 0.6 is 0 Å². The predicted octanol–water partition coefficient (Wildman–Crippen LogP) is 3.72. The second kappa shape index (κ2) is 11.2. The van der Waals surface area contributed by atoms with Crippen LogP contribution in [0.5, 0.6) is 0 Å².